The molecule has 21 heavy (non-hydrogen) atoms. The van der Waals surface area contributed by atoms with Gasteiger partial charge in [-0.2, -0.15) is 0 Å². The Bertz CT molecular complexity index is 447. The lowest BCUT2D eigenvalue weighted by Crippen LogP contribution is -2.34. The fourth-order valence-corrected chi connectivity index (χ4v) is 3.55. The van der Waals surface area contributed by atoms with Gasteiger partial charge in [-0.05, 0) is 42.9 Å². The summed E-state index contributed by atoms with van der Waals surface area (Å²) in [4.78, 5) is 12.5. The molecule has 0 aliphatic heterocycles. The van der Waals surface area contributed by atoms with E-state index in [1.165, 1.54) is 31.2 Å². The van der Waals surface area contributed by atoms with Crippen LogP contribution < -0.4 is 10.1 Å². The Morgan fingerprint density at radius 1 is 1.29 bits per heavy atom. The highest BCUT2D eigenvalue weighted by atomic mass is 79.9. The standard InChI is InChI=1S/C17H24BrNO2/c1-21-15-9-6-13(7-10-15)8-11-17(20)19-12-14-4-2-3-5-16(14)18/h6-7,9-10,14,16H,2-5,8,11-12H2,1H3,(H,19,20). The Morgan fingerprint density at radius 2 is 2.00 bits per heavy atom. The summed E-state index contributed by atoms with van der Waals surface area (Å²) in [5.74, 6) is 1.59. The molecule has 4 heteroatoms. The fraction of sp³-hybridized carbons (Fsp3) is 0.588. The van der Waals surface area contributed by atoms with Crippen LogP contribution >= 0.6 is 15.9 Å². The molecule has 3 nitrogen and oxygen atoms in total. The van der Waals surface area contributed by atoms with Crippen molar-refractivity contribution in [1.29, 1.82) is 0 Å². The predicted molar refractivity (Wildman–Crippen MR) is 89.0 cm³/mol. The number of rotatable bonds is 6. The van der Waals surface area contributed by atoms with Crippen LogP contribution in [0.15, 0.2) is 24.3 Å². The van der Waals surface area contributed by atoms with Crippen molar-refractivity contribution in [3.8, 4) is 5.75 Å². The first-order valence-electron chi connectivity index (χ1n) is 7.72. The van der Waals surface area contributed by atoms with Gasteiger partial charge in [0, 0.05) is 17.8 Å². The Hall–Kier alpha value is -1.03. The zero-order valence-electron chi connectivity index (χ0n) is 12.6. The number of carbonyl (C=O) groups excluding carboxylic acids is 1. The molecule has 1 aliphatic rings. The average Bonchev–Trinajstić information content (AvgIpc) is 2.52. The summed E-state index contributed by atoms with van der Waals surface area (Å²) in [5, 5.41) is 3.08. The number of methoxy groups -OCH3 is 1. The van der Waals surface area contributed by atoms with Crippen LogP contribution in [0.2, 0.25) is 0 Å². The van der Waals surface area contributed by atoms with Gasteiger partial charge in [-0.25, -0.2) is 0 Å². The fourth-order valence-electron chi connectivity index (χ4n) is 2.78. The van der Waals surface area contributed by atoms with Gasteiger partial charge in [0.2, 0.25) is 5.91 Å². The van der Waals surface area contributed by atoms with Crippen molar-refractivity contribution in [2.24, 2.45) is 5.92 Å². The molecule has 1 saturated carbocycles. The number of alkyl halides is 1. The lowest BCUT2D eigenvalue weighted by atomic mass is 9.89. The molecule has 116 valence electrons. The van der Waals surface area contributed by atoms with Crippen LogP contribution in [-0.4, -0.2) is 24.4 Å². The molecule has 2 unspecified atom stereocenters. The van der Waals surface area contributed by atoms with Gasteiger partial charge in [-0.15, -0.1) is 0 Å². The minimum Gasteiger partial charge on any atom is -0.497 e. The van der Waals surface area contributed by atoms with Gasteiger partial charge < -0.3 is 10.1 Å². The molecule has 1 aliphatic carbocycles. The van der Waals surface area contributed by atoms with Crippen LogP contribution in [0.5, 0.6) is 5.75 Å². The van der Waals surface area contributed by atoms with E-state index in [4.69, 9.17) is 4.74 Å². The second kappa shape index (κ2) is 8.42. The molecule has 1 amide bonds. The minimum atomic E-state index is 0.149. The molecule has 2 atom stereocenters. The first-order chi connectivity index (χ1) is 10.2. The molecule has 0 spiro atoms. The Balaban J connectivity index is 1.69. The smallest absolute Gasteiger partial charge is 0.220 e. The van der Waals surface area contributed by atoms with Crippen molar-refractivity contribution in [3.63, 3.8) is 0 Å². The average molecular weight is 354 g/mol. The Morgan fingerprint density at radius 3 is 2.67 bits per heavy atom. The van der Waals surface area contributed by atoms with Gasteiger partial charge in [-0.3, -0.25) is 4.79 Å². The highest BCUT2D eigenvalue weighted by Gasteiger charge is 2.22. The maximum atomic E-state index is 11.9. The van der Waals surface area contributed by atoms with Crippen LogP contribution in [0.25, 0.3) is 0 Å². The molecule has 1 aromatic rings. The van der Waals surface area contributed by atoms with Crippen molar-refractivity contribution in [1.82, 2.24) is 5.32 Å². The molecule has 0 heterocycles. The summed E-state index contributed by atoms with van der Waals surface area (Å²) in [5.41, 5.74) is 1.17. The van der Waals surface area contributed by atoms with E-state index >= 15 is 0 Å². The zero-order chi connectivity index (χ0) is 15.1. The topological polar surface area (TPSA) is 38.3 Å². The normalized spacial score (nSPS) is 21.8. The van der Waals surface area contributed by atoms with E-state index in [9.17, 15) is 4.79 Å². The first kappa shape index (κ1) is 16.3. The maximum absolute atomic E-state index is 11.9. The maximum Gasteiger partial charge on any atom is 0.220 e. The van der Waals surface area contributed by atoms with Crippen molar-refractivity contribution < 1.29 is 9.53 Å². The molecule has 0 radical (unpaired) electrons. The van der Waals surface area contributed by atoms with E-state index in [0.29, 0.717) is 17.2 Å². The molecule has 0 bridgehead atoms. The van der Waals surface area contributed by atoms with Crippen LogP contribution in [-0.2, 0) is 11.2 Å². The highest BCUT2D eigenvalue weighted by molar-refractivity contribution is 9.09. The lowest BCUT2D eigenvalue weighted by Gasteiger charge is -2.27. The zero-order valence-corrected chi connectivity index (χ0v) is 14.2. The van der Waals surface area contributed by atoms with Crippen molar-refractivity contribution in [3.05, 3.63) is 29.8 Å². The van der Waals surface area contributed by atoms with Gasteiger partial charge >= 0.3 is 0 Å². The van der Waals surface area contributed by atoms with Crippen LogP contribution in [0.1, 0.15) is 37.7 Å². The number of hydrogen-bond acceptors (Lipinski definition) is 2. The number of ether oxygens (including phenoxy) is 1. The number of amides is 1. The summed E-state index contributed by atoms with van der Waals surface area (Å²) in [6, 6.07) is 7.90. The van der Waals surface area contributed by atoms with Crippen molar-refractivity contribution in [2.45, 2.75) is 43.4 Å². The van der Waals surface area contributed by atoms with Crippen molar-refractivity contribution >= 4 is 21.8 Å². The summed E-state index contributed by atoms with van der Waals surface area (Å²) < 4.78 is 5.13. The third-order valence-electron chi connectivity index (χ3n) is 4.18. The van der Waals surface area contributed by atoms with E-state index in [1.54, 1.807) is 7.11 Å². The first-order valence-corrected chi connectivity index (χ1v) is 8.64. The molecule has 0 aromatic heterocycles. The van der Waals surface area contributed by atoms with E-state index in [2.05, 4.69) is 21.2 Å². The number of nitrogens with one attached hydrogen (secondary N) is 1. The largest absolute Gasteiger partial charge is 0.497 e. The minimum absolute atomic E-state index is 0.149. The molecule has 0 saturated heterocycles. The summed E-state index contributed by atoms with van der Waals surface area (Å²) >= 11 is 3.73. The Kier molecular flexibility index (Phi) is 6.55. The second-order valence-corrected chi connectivity index (χ2v) is 6.89. The number of benzene rings is 1. The third kappa shape index (κ3) is 5.34. The second-order valence-electron chi connectivity index (χ2n) is 5.71. The number of aryl methyl sites for hydroxylation is 1. The van der Waals surface area contributed by atoms with Crippen LogP contribution in [0, 0.1) is 5.92 Å². The SMILES string of the molecule is COc1ccc(CCC(=O)NCC2CCCCC2Br)cc1. The summed E-state index contributed by atoms with van der Waals surface area (Å²) in [6.45, 7) is 0.803. The molecular formula is C17H24BrNO2. The molecule has 2 rings (SSSR count). The molecule has 1 aromatic carbocycles. The molecule has 1 fully saturated rings. The van der Waals surface area contributed by atoms with Gasteiger partial charge in [-0.1, -0.05) is 40.9 Å². The number of halogens is 1. The van der Waals surface area contributed by atoms with E-state index in [1.807, 2.05) is 24.3 Å². The number of hydrogen-bond donors (Lipinski definition) is 1. The van der Waals surface area contributed by atoms with E-state index < -0.39 is 0 Å². The van der Waals surface area contributed by atoms with E-state index in [-0.39, 0.29) is 5.91 Å². The summed E-state index contributed by atoms with van der Waals surface area (Å²) in [7, 11) is 1.66. The quantitative estimate of drug-likeness (QED) is 0.791. The summed E-state index contributed by atoms with van der Waals surface area (Å²) in [6.07, 6.45) is 6.36. The van der Waals surface area contributed by atoms with Gasteiger partial charge in [0.1, 0.15) is 5.75 Å². The van der Waals surface area contributed by atoms with Crippen molar-refractivity contribution in [2.75, 3.05) is 13.7 Å². The molecule has 1 N–H and O–H groups in total. The Labute approximate surface area is 135 Å². The highest BCUT2D eigenvalue weighted by Crippen LogP contribution is 2.29. The van der Waals surface area contributed by atoms with Crippen LogP contribution in [0.3, 0.4) is 0 Å². The lowest BCUT2D eigenvalue weighted by molar-refractivity contribution is -0.121. The van der Waals surface area contributed by atoms with E-state index in [0.717, 1.165) is 18.7 Å². The molecular weight excluding hydrogens is 330 g/mol. The van der Waals surface area contributed by atoms with Crippen LogP contribution in [0.4, 0.5) is 0 Å². The number of carbonyl (C=O) groups is 1. The monoisotopic (exact) mass is 353 g/mol. The van der Waals surface area contributed by atoms with Gasteiger partial charge in [0.05, 0.1) is 7.11 Å². The third-order valence-corrected chi connectivity index (χ3v) is 5.38. The predicted octanol–water partition coefficient (Wildman–Crippen LogP) is 3.70. The van der Waals surface area contributed by atoms with Gasteiger partial charge in [0.15, 0.2) is 0 Å². The van der Waals surface area contributed by atoms with Gasteiger partial charge in [0.25, 0.3) is 0 Å².